The van der Waals surface area contributed by atoms with Crippen LogP contribution in [0.1, 0.15) is 46.5 Å². The maximum Gasteiger partial charge on any atom is 0.225 e. The monoisotopic (exact) mass is 254 g/mol. The number of likely N-dealkylation sites (N-methyl/N-ethyl adjacent to an activating group) is 1. The quantitative estimate of drug-likeness (QED) is 0.783. The molecule has 0 saturated carbocycles. The van der Waals surface area contributed by atoms with Crippen LogP contribution in [0, 0.1) is 5.92 Å². The first-order valence-corrected chi connectivity index (χ1v) is 7.01. The molecule has 18 heavy (non-hydrogen) atoms. The molecule has 1 rings (SSSR count). The Morgan fingerprint density at radius 2 is 2.06 bits per heavy atom. The molecule has 2 atom stereocenters. The number of likely N-dealkylation sites (tertiary alicyclic amines) is 1. The van der Waals surface area contributed by atoms with Crippen molar-refractivity contribution in [2.75, 3.05) is 20.1 Å². The SMILES string of the molecule is CCCC(C)C(=O)N1CCC(NC)(C(=O)CC)C1. The number of nitrogens with zero attached hydrogens (tertiary/aromatic N) is 1. The molecule has 1 aliphatic heterocycles. The number of hydrogen-bond acceptors (Lipinski definition) is 3. The smallest absolute Gasteiger partial charge is 0.225 e. The molecule has 1 aliphatic rings. The van der Waals surface area contributed by atoms with Gasteiger partial charge in [-0.1, -0.05) is 27.2 Å². The van der Waals surface area contributed by atoms with Crippen molar-refractivity contribution in [2.24, 2.45) is 5.92 Å². The third-order valence-corrected chi connectivity index (χ3v) is 4.06. The highest BCUT2D eigenvalue weighted by molar-refractivity contribution is 5.90. The Hall–Kier alpha value is -0.900. The van der Waals surface area contributed by atoms with Crippen LogP contribution in [-0.2, 0) is 9.59 Å². The van der Waals surface area contributed by atoms with Gasteiger partial charge in [-0.3, -0.25) is 9.59 Å². The van der Waals surface area contributed by atoms with Crippen molar-refractivity contribution in [2.45, 2.75) is 52.0 Å². The molecule has 1 saturated heterocycles. The van der Waals surface area contributed by atoms with E-state index in [1.165, 1.54) is 0 Å². The van der Waals surface area contributed by atoms with Crippen LogP contribution < -0.4 is 5.32 Å². The van der Waals surface area contributed by atoms with Crippen LogP contribution in [-0.4, -0.2) is 42.3 Å². The van der Waals surface area contributed by atoms with Gasteiger partial charge in [0.25, 0.3) is 0 Å². The zero-order valence-electron chi connectivity index (χ0n) is 12.1. The third kappa shape index (κ3) is 2.91. The van der Waals surface area contributed by atoms with E-state index in [0.29, 0.717) is 19.5 Å². The Labute approximate surface area is 110 Å². The van der Waals surface area contributed by atoms with Gasteiger partial charge in [0, 0.05) is 25.4 Å². The maximum absolute atomic E-state index is 12.2. The number of carbonyl (C=O) groups excluding carboxylic acids is 2. The Morgan fingerprint density at radius 3 is 2.56 bits per heavy atom. The summed E-state index contributed by atoms with van der Waals surface area (Å²) in [5, 5.41) is 3.14. The minimum absolute atomic E-state index is 0.0689. The van der Waals surface area contributed by atoms with Crippen LogP contribution in [0.5, 0.6) is 0 Å². The third-order valence-electron chi connectivity index (χ3n) is 4.06. The highest BCUT2D eigenvalue weighted by atomic mass is 16.2. The van der Waals surface area contributed by atoms with Gasteiger partial charge in [-0.05, 0) is 19.9 Å². The first-order chi connectivity index (χ1) is 8.50. The topological polar surface area (TPSA) is 49.4 Å². The van der Waals surface area contributed by atoms with E-state index in [1.54, 1.807) is 0 Å². The lowest BCUT2D eigenvalue weighted by Crippen LogP contribution is -2.53. The predicted octanol–water partition coefficient (Wildman–Crippen LogP) is 1.59. The molecule has 1 N–H and O–H groups in total. The second kappa shape index (κ2) is 6.32. The molecule has 1 heterocycles. The molecule has 1 fully saturated rings. The van der Waals surface area contributed by atoms with Crippen molar-refractivity contribution in [3.63, 3.8) is 0 Å². The van der Waals surface area contributed by atoms with E-state index in [4.69, 9.17) is 0 Å². The van der Waals surface area contributed by atoms with E-state index in [-0.39, 0.29) is 17.6 Å². The molecule has 0 aliphatic carbocycles. The van der Waals surface area contributed by atoms with Crippen LogP contribution >= 0.6 is 0 Å². The standard InChI is InChI=1S/C14H26N2O2/c1-5-7-11(3)13(18)16-9-8-14(10-16,15-4)12(17)6-2/h11,15H,5-10H2,1-4H3. The normalized spacial score (nSPS) is 25.2. The summed E-state index contributed by atoms with van der Waals surface area (Å²) < 4.78 is 0. The number of rotatable bonds is 6. The molecule has 1 amide bonds. The molecular weight excluding hydrogens is 228 g/mol. The highest BCUT2D eigenvalue weighted by Crippen LogP contribution is 2.25. The summed E-state index contributed by atoms with van der Waals surface area (Å²) in [7, 11) is 1.82. The second-order valence-electron chi connectivity index (χ2n) is 5.31. The summed E-state index contributed by atoms with van der Waals surface area (Å²) in [6.45, 7) is 7.17. The summed E-state index contributed by atoms with van der Waals surface area (Å²) in [6.07, 6.45) is 3.20. The van der Waals surface area contributed by atoms with Gasteiger partial charge in [0.1, 0.15) is 0 Å². The Morgan fingerprint density at radius 1 is 1.39 bits per heavy atom. The lowest BCUT2D eigenvalue weighted by molar-refractivity contribution is -0.134. The molecule has 0 aromatic rings. The van der Waals surface area contributed by atoms with Gasteiger partial charge in [-0.2, -0.15) is 0 Å². The average molecular weight is 254 g/mol. The Bertz CT molecular complexity index is 317. The van der Waals surface area contributed by atoms with E-state index >= 15 is 0 Å². The van der Waals surface area contributed by atoms with Crippen molar-refractivity contribution >= 4 is 11.7 Å². The summed E-state index contributed by atoms with van der Waals surface area (Å²) in [5.41, 5.74) is -0.504. The van der Waals surface area contributed by atoms with Gasteiger partial charge in [0.15, 0.2) is 5.78 Å². The van der Waals surface area contributed by atoms with Gasteiger partial charge in [-0.25, -0.2) is 0 Å². The Balaban J connectivity index is 2.69. The van der Waals surface area contributed by atoms with E-state index in [0.717, 1.165) is 19.3 Å². The summed E-state index contributed by atoms with van der Waals surface area (Å²) in [5.74, 6) is 0.473. The molecule has 0 aromatic heterocycles. The largest absolute Gasteiger partial charge is 0.340 e. The zero-order valence-corrected chi connectivity index (χ0v) is 12.1. The molecule has 4 nitrogen and oxygen atoms in total. The van der Waals surface area contributed by atoms with E-state index < -0.39 is 5.54 Å². The molecule has 0 radical (unpaired) electrons. The first-order valence-electron chi connectivity index (χ1n) is 7.01. The molecular formula is C14H26N2O2. The molecule has 0 spiro atoms. The van der Waals surface area contributed by atoms with Crippen LogP contribution in [0.3, 0.4) is 0 Å². The summed E-state index contributed by atoms with van der Waals surface area (Å²) >= 11 is 0. The number of carbonyl (C=O) groups is 2. The number of nitrogens with one attached hydrogen (secondary N) is 1. The summed E-state index contributed by atoms with van der Waals surface area (Å²) in [6, 6.07) is 0. The zero-order chi connectivity index (χ0) is 13.8. The molecule has 0 aromatic carbocycles. The molecule has 2 unspecified atom stereocenters. The number of Topliss-reactive ketones (excluding diaryl/α,β-unsaturated/α-hetero) is 1. The number of hydrogen-bond donors (Lipinski definition) is 1. The van der Waals surface area contributed by atoms with E-state index in [9.17, 15) is 9.59 Å². The van der Waals surface area contributed by atoms with Crippen LogP contribution in [0.2, 0.25) is 0 Å². The van der Waals surface area contributed by atoms with Gasteiger partial charge in [0.05, 0.1) is 5.54 Å². The van der Waals surface area contributed by atoms with Crippen LogP contribution in [0.25, 0.3) is 0 Å². The lowest BCUT2D eigenvalue weighted by atomic mass is 9.91. The van der Waals surface area contributed by atoms with Gasteiger partial charge in [0.2, 0.25) is 5.91 Å². The highest BCUT2D eigenvalue weighted by Gasteiger charge is 2.43. The molecule has 0 bridgehead atoms. The average Bonchev–Trinajstić information content (AvgIpc) is 2.82. The van der Waals surface area contributed by atoms with Gasteiger partial charge in [-0.15, -0.1) is 0 Å². The van der Waals surface area contributed by atoms with E-state index in [2.05, 4.69) is 12.2 Å². The minimum atomic E-state index is -0.504. The van der Waals surface area contributed by atoms with Gasteiger partial charge < -0.3 is 10.2 Å². The van der Waals surface area contributed by atoms with Crippen LogP contribution in [0.15, 0.2) is 0 Å². The fourth-order valence-electron chi connectivity index (χ4n) is 2.78. The van der Waals surface area contributed by atoms with Crippen molar-refractivity contribution < 1.29 is 9.59 Å². The van der Waals surface area contributed by atoms with Crippen LogP contribution in [0.4, 0.5) is 0 Å². The second-order valence-corrected chi connectivity index (χ2v) is 5.31. The predicted molar refractivity (Wildman–Crippen MR) is 72.4 cm³/mol. The summed E-state index contributed by atoms with van der Waals surface area (Å²) in [4.78, 5) is 26.1. The van der Waals surface area contributed by atoms with Crippen molar-refractivity contribution in [1.29, 1.82) is 0 Å². The minimum Gasteiger partial charge on any atom is -0.340 e. The first kappa shape index (κ1) is 15.2. The molecule has 104 valence electrons. The van der Waals surface area contributed by atoms with Crippen molar-refractivity contribution in [1.82, 2.24) is 10.2 Å². The number of amides is 1. The lowest BCUT2D eigenvalue weighted by Gasteiger charge is -2.28. The van der Waals surface area contributed by atoms with Gasteiger partial charge >= 0.3 is 0 Å². The fourth-order valence-corrected chi connectivity index (χ4v) is 2.78. The Kier molecular flexibility index (Phi) is 5.32. The van der Waals surface area contributed by atoms with E-state index in [1.807, 2.05) is 25.8 Å². The molecule has 4 heteroatoms. The number of ketones is 1. The van der Waals surface area contributed by atoms with Crippen molar-refractivity contribution in [3.05, 3.63) is 0 Å². The van der Waals surface area contributed by atoms with Crippen molar-refractivity contribution in [3.8, 4) is 0 Å². The fraction of sp³-hybridized carbons (Fsp3) is 0.857. The maximum atomic E-state index is 12.2.